The van der Waals surface area contributed by atoms with E-state index in [1.54, 1.807) is 24.3 Å². The molecule has 0 fully saturated rings. The largest absolute Gasteiger partial charge is 0.506 e. The van der Waals surface area contributed by atoms with E-state index in [-0.39, 0.29) is 10.8 Å². The Labute approximate surface area is 149 Å². The molecule has 0 bridgehead atoms. The van der Waals surface area contributed by atoms with Crippen LogP contribution in [-0.4, -0.2) is 23.8 Å². The third-order valence-corrected chi connectivity index (χ3v) is 3.53. The van der Waals surface area contributed by atoms with Crippen molar-refractivity contribution in [2.45, 2.75) is 13.3 Å². The summed E-state index contributed by atoms with van der Waals surface area (Å²) in [5.74, 6) is -0.1000. The van der Waals surface area contributed by atoms with Crippen LogP contribution in [0.1, 0.15) is 29.3 Å². The number of ether oxygens (including phenoxy) is 1. The van der Waals surface area contributed by atoms with E-state index in [1.807, 2.05) is 6.92 Å². The highest BCUT2D eigenvalue weighted by molar-refractivity contribution is 6.36. The van der Waals surface area contributed by atoms with Gasteiger partial charge >= 0.3 is 0 Å². The van der Waals surface area contributed by atoms with Gasteiger partial charge in [0.2, 0.25) is 0 Å². The van der Waals surface area contributed by atoms with Gasteiger partial charge in [-0.1, -0.05) is 42.3 Å². The van der Waals surface area contributed by atoms with Gasteiger partial charge in [-0.05, 0) is 30.7 Å². The van der Waals surface area contributed by atoms with E-state index in [1.165, 1.54) is 18.3 Å². The molecule has 0 aromatic heterocycles. The van der Waals surface area contributed by atoms with Gasteiger partial charge in [-0.2, -0.15) is 5.10 Å². The Morgan fingerprint density at radius 1 is 1.33 bits per heavy atom. The number of nitrogens with one attached hydrogen (secondary N) is 1. The average molecular weight is 367 g/mol. The number of hydrazone groups is 1. The zero-order valence-corrected chi connectivity index (χ0v) is 14.4. The number of carbonyl (C=O) groups excluding carboxylic acids is 1. The van der Waals surface area contributed by atoms with Crippen molar-refractivity contribution in [2.75, 3.05) is 6.61 Å². The molecule has 0 heterocycles. The van der Waals surface area contributed by atoms with Crippen molar-refractivity contribution < 1.29 is 14.6 Å². The van der Waals surface area contributed by atoms with Crippen molar-refractivity contribution in [3.63, 3.8) is 0 Å². The van der Waals surface area contributed by atoms with Crippen LogP contribution < -0.4 is 10.2 Å². The smallest absolute Gasteiger partial charge is 0.275 e. The van der Waals surface area contributed by atoms with E-state index in [0.717, 1.165) is 6.42 Å². The van der Waals surface area contributed by atoms with Crippen LogP contribution in [-0.2, 0) is 0 Å². The van der Waals surface area contributed by atoms with Crippen LogP contribution in [0.4, 0.5) is 0 Å². The van der Waals surface area contributed by atoms with Crippen molar-refractivity contribution in [2.24, 2.45) is 5.10 Å². The maximum Gasteiger partial charge on any atom is 0.275 e. The maximum atomic E-state index is 12.2. The van der Waals surface area contributed by atoms with Crippen LogP contribution in [0.2, 0.25) is 10.0 Å². The third kappa shape index (κ3) is 4.63. The number of hydrogen-bond acceptors (Lipinski definition) is 4. The predicted octanol–water partition coefficient (Wildman–Crippen LogP) is 4.25. The molecule has 2 aromatic rings. The van der Waals surface area contributed by atoms with Gasteiger partial charge in [-0.3, -0.25) is 4.79 Å². The first-order chi connectivity index (χ1) is 11.5. The molecule has 2 aromatic carbocycles. The van der Waals surface area contributed by atoms with E-state index in [4.69, 9.17) is 27.9 Å². The molecule has 0 saturated carbocycles. The van der Waals surface area contributed by atoms with Gasteiger partial charge in [0.1, 0.15) is 11.5 Å². The number of aromatic hydroxyl groups is 1. The molecule has 7 heteroatoms. The number of hydrogen-bond donors (Lipinski definition) is 2. The fraction of sp³-hybridized carbons (Fsp3) is 0.176. The number of phenolic OH excluding ortho intramolecular Hbond substituents is 1. The standard InChI is InChI=1S/C17H16Cl2N2O3/c1-2-7-24-15-6-4-3-5-13(15)17(23)21-20-10-11-8-12(18)9-14(19)16(11)22/h3-6,8-10,22H,2,7H2,1H3,(H,21,23)/b20-10+. The minimum atomic E-state index is -0.425. The number of para-hydroxylation sites is 1. The van der Waals surface area contributed by atoms with Crippen LogP contribution >= 0.6 is 23.2 Å². The lowest BCUT2D eigenvalue weighted by Gasteiger charge is -2.09. The van der Waals surface area contributed by atoms with Gasteiger partial charge in [-0.25, -0.2) is 5.43 Å². The molecular weight excluding hydrogens is 351 g/mol. The lowest BCUT2D eigenvalue weighted by atomic mass is 10.2. The summed E-state index contributed by atoms with van der Waals surface area (Å²) in [7, 11) is 0. The summed E-state index contributed by atoms with van der Waals surface area (Å²) in [5.41, 5.74) is 3.05. The lowest BCUT2D eigenvalue weighted by molar-refractivity contribution is 0.0951. The number of phenols is 1. The molecule has 126 valence electrons. The monoisotopic (exact) mass is 366 g/mol. The molecule has 0 spiro atoms. The molecule has 24 heavy (non-hydrogen) atoms. The second kappa shape index (κ2) is 8.57. The molecular formula is C17H16Cl2N2O3. The topological polar surface area (TPSA) is 70.9 Å². The Morgan fingerprint density at radius 2 is 2.08 bits per heavy atom. The van der Waals surface area contributed by atoms with Crippen molar-refractivity contribution in [1.29, 1.82) is 0 Å². The third-order valence-electron chi connectivity index (χ3n) is 3.02. The number of carbonyl (C=O) groups is 1. The minimum Gasteiger partial charge on any atom is -0.506 e. The summed E-state index contributed by atoms with van der Waals surface area (Å²) < 4.78 is 5.54. The summed E-state index contributed by atoms with van der Waals surface area (Å²) in [6.45, 7) is 2.50. The lowest BCUT2D eigenvalue weighted by Crippen LogP contribution is -2.18. The number of rotatable bonds is 6. The molecule has 0 radical (unpaired) electrons. The van der Waals surface area contributed by atoms with E-state index >= 15 is 0 Å². The Balaban J connectivity index is 2.11. The molecule has 5 nitrogen and oxygen atoms in total. The number of benzene rings is 2. The normalized spacial score (nSPS) is 10.8. The van der Waals surface area contributed by atoms with Crippen LogP contribution in [0.25, 0.3) is 0 Å². The fourth-order valence-corrected chi connectivity index (χ4v) is 2.41. The van der Waals surface area contributed by atoms with Gasteiger partial charge in [0.15, 0.2) is 0 Å². The van der Waals surface area contributed by atoms with Gasteiger partial charge < -0.3 is 9.84 Å². The quantitative estimate of drug-likeness (QED) is 0.592. The van der Waals surface area contributed by atoms with Crippen LogP contribution in [0.3, 0.4) is 0 Å². The zero-order chi connectivity index (χ0) is 17.5. The molecule has 0 atom stereocenters. The van der Waals surface area contributed by atoms with Gasteiger partial charge in [0, 0.05) is 10.6 Å². The summed E-state index contributed by atoms with van der Waals surface area (Å²) in [6.07, 6.45) is 2.10. The molecule has 2 rings (SSSR count). The summed E-state index contributed by atoms with van der Waals surface area (Å²) in [5, 5.41) is 14.1. The van der Waals surface area contributed by atoms with Gasteiger partial charge in [0.25, 0.3) is 5.91 Å². The highest BCUT2D eigenvalue weighted by atomic mass is 35.5. The summed E-state index contributed by atoms with van der Waals surface area (Å²) in [6, 6.07) is 9.78. The Bertz CT molecular complexity index is 763. The molecule has 0 aliphatic heterocycles. The Morgan fingerprint density at radius 3 is 2.83 bits per heavy atom. The average Bonchev–Trinajstić information content (AvgIpc) is 2.57. The molecule has 1 amide bonds. The number of amides is 1. The van der Waals surface area contributed by atoms with E-state index < -0.39 is 5.91 Å². The molecule has 0 aliphatic rings. The van der Waals surface area contributed by atoms with Crippen LogP contribution in [0.5, 0.6) is 11.5 Å². The Kier molecular flexibility index (Phi) is 6.46. The van der Waals surface area contributed by atoms with Crippen LogP contribution in [0, 0.1) is 0 Å². The fourth-order valence-electron chi connectivity index (χ4n) is 1.90. The number of halogens is 2. The summed E-state index contributed by atoms with van der Waals surface area (Å²) >= 11 is 11.7. The van der Waals surface area contributed by atoms with E-state index in [9.17, 15) is 9.90 Å². The first kappa shape index (κ1) is 18.1. The SMILES string of the molecule is CCCOc1ccccc1C(=O)N/N=C/c1cc(Cl)cc(Cl)c1O. The van der Waals surface area contributed by atoms with Crippen molar-refractivity contribution in [3.8, 4) is 11.5 Å². The van der Waals surface area contributed by atoms with Gasteiger partial charge in [0.05, 0.1) is 23.4 Å². The molecule has 2 N–H and O–H groups in total. The zero-order valence-electron chi connectivity index (χ0n) is 12.9. The summed E-state index contributed by atoms with van der Waals surface area (Å²) in [4.78, 5) is 12.2. The van der Waals surface area contributed by atoms with Crippen molar-refractivity contribution in [3.05, 3.63) is 57.6 Å². The highest BCUT2D eigenvalue weighted by Crippen LogP contribution is 2.29. The highest BCUT2D eigenvalue weighted by Gasteiger charge is 2.11. The van der Waals surface area contributed by atoms with Crippen LogP contribution in [0.15, 0.2) is 41.5 Å². The van der Waals surface area contributed by atoms with E-state index in [2.05, 4.69) is 10.5 Å². The molecule has 0 unspecified atom stereocenters. The molecule has 0 aliphatic carbocycles. The second-order valence-corrected chi connectivity index (χ2v) is 5.71. The first-order valence-corrected chi connectivity index (χ1v) is 8.01. The number of nitrogens with zero attached hydrogens (tertiary/aromatic N) is 1. The first-order valence-electron chi connectivity index (χ1n) is 7.26. The predicted molar refractivity (Wildman–Crippen MR) is 95.4 cm³/mol. The van der Waals surface area contributed by atoms with Crippen molar-refractivity contribution >= 4 is 35.3 Å². The van der Waals surface area contributed by atoms with Crippen molar-refractivity contribution in [1.82, 2.24) is 5.43 Å². The molecule has 0 saturated heterocycles. The Hall–Kier alpha value is -2.24. The second-order valence-electron chi connectivity index (χ2n) is 4.87. The maximum absolute atomic E-state index is 12.2. The van der Waals surface area contributed by atoms with E-state index in [0.29, 0.717) is 28.5 Å². The minimum absolute atomic E-state index is 0.105. The van der Waals surface area contributed by atoms with Gasteiger partial charge in [-0.15, -0.1) is 0 Å².